The van der Waals surface area contributed by atoms with Crippen molar-refractivity contribution < 1.29 is 13.2 Å². The highest BCUT2D eigenvalue weighted by Crippen LogP contribution is 2.37. The van der Waals surface area contributed by atoms with Gasteiger partial charge in [0, 0.05) is 19.0 Å². The van der Waals surface area contributed by atoms with Crippen LogP contribution < -0.4 is 15.2 Å². The number of rotatable bonds is 4. The number of ether oxygens (including phenoxy) is 1. The molecule has 1 unspecified atom stereocenters. The maximum absolute atomic E-state index is 12.4. The summed E-state index contributed by atoms with van der Waals surface area (Å²) in [6.07, 6.45) is 2.39. The van der Waals surface area contributed by atoms with Crippen LogP contribution in [-0.2, 0) is 16.4 Å². The first-order chi connectivity index (χ1) is 8.99. The van der Waals surface area contributed by atoms with Crippen molar-refractivity contribution in [3.63, 3.8) is 0 Å². The number of benzene rings is 1. The van der Waals surface area contributed by atoms with E-state index in [1.54, 1.807) is 6.07 Å². The van der Waals surface area contributed by atoms with E-state index in [1.807, 2.05) is 13.0 Å². The van der Waals surface area contributed by atoms with Gasteiger partial charge in [0.2, 0.25) is 10.0 Å². The van der Waals surface area contributed by atoms with Crippen LogP contribution in [0.3, 0.4) is 0 Å². The first kappa shape index (κ1) is 12.9. The molecule has 3 rings (SSSR count). The molecular formula is C13H18N2O3S. The second-order valence-corrected chi connectivity index (χ2v) is 7.01. The molecule has 1 atom stereocenters. The van der Waals surface area contributed by atoms with Gasteiger partial charge in [0.1, 0.15) is 16.7 Å². The van der Waals surface area contributed by atoms with Crippen molar-refractivity contribution in [3.8, 4) is 5.75 Å². The van der Waals surface area contributed by atoms with Crippen molar-refractivity contribution in [1.29, 1.82) is 0 Å². The summed E-state index contributed by atoms with van der Waals surface area (Å²) in [6.45, 7) is 2.29. The molecule has 0 spiro atoms. The molecule has 2 aliphatic rings. The van der Waals surface area contributed by atoms with Gasteiger partial charge in [0.05, 0.1) is 0 Å². The van der Waals surface area contributed by atoms with Gasteiger partial charge in [0.15, 0.2) is 0 Å². The van der Waals surface area contributed by atoms with Gasteiger partial charge < -0.3 is 10.5 Å². The predicted molar refractivity (Wildman–Crippen MR) is 71.7 cm³/mol. The molecule has 5 nitrogen and oxygen atoms in total. The number of nitrogens with two attached hydrogens (primary N) is 1. The first-order valence-corrected chi connectivity index (χ1v) is 8.00. The molecule has 1 fully saturated rings. The summed E-state index contributed by atoms with van der Waals surface area (Å²) in [7, 11) is -3.49. The molecule has 0 saturated heterocycles. The Morgan fingerprint density at radius 2 is 2.16 bits per heavy atom. The lowest BCUT2D eigenvalue weighted by atomic mass is 10.1. The largest absolute Gasteiger partial charge is 0.487 e. The molecule has 0 aromatic heterocycles. The van der Waals surface area contributed by atoms with E-state index in [4.69, 9.17) is 10.5 Å². The SMILES string of the molecule is Cc1cc2c(c(S(=O)(=O)NC3CC3)c1)OC(CN)C2. The fraction of sp³-hybridized carbons (Fsp3) is 0.538. The van der Waals surface area contributed by atoms with Gasteiger partial charge in [-0.25, -0.2) is 13.1 Å². The molecule has 1 saturated carbocycles. The quantitative estimate of drug-likeness (QED) is 0.851. The average Bonchev–Trinajstić information content (AvgIpc) is 3.04. The Bertz CT molecular complexity index is 609. The van der Waals surface area contributed by atoms with Gasteiger partial charge in [-0.2, -0.15) is 0 Å². The number of sulfonamides is 1. The number of nitrogens with one attached hydrogen (secondary N) is 1. The van der Waals surface area contributed by atoms with E-state index in [-0.39, 0.29) is 17.0 Å². The Kier molecular flexibility index (Phi) is 3.03. The lowest BCUT2D eigenvalue weighted by Gasteiger charge is -2.12. The number of hydrogen-bond donors (Lipinski definition) is 2. The van der Waals surface area contributed by atoms with Crippen LogP contribution in [0.1, 0.15) is 24.0 Å². The first-order valence-electron chi connectivity index (χ1n) is 6.52. The molecule has 3 N–H and O–H groups in total. The zero-order valence-corrected chi connectivity index (χ0v) is 11.7. The highest BCUT2D eigenvalue weighted by Gasteiger charge is 2.33. The molecule has 1 aliphatic carbocycles. The van der Waals surface area contributed by atoms with Crippen LogP contribution in [0.25, 0.3) is 0 Å². The fourth-order valence-electron chi connectivity index (χ4n) is 2.37. The summed E-state index contributed by atoms with van der Waals surface area (Å²) in [5, 5.41) is 0. The summed E-state index contributed by atoms with van der Waals surface area (Å²) in [4.78, 5) is 0.255. The molecule has 6 heteroatoms. The summed E-state index contributed by atoms with van der Waals surface area (Å²) < 4.78 is 33.1. The van der Waals surface area contributed by atoms with Crippen LogP contribution in [0.4, 0.5) is 0 Å². The smallest absolute Gasteiger partial charge is 0.244 e. The molecule has 1 aromatic carbocycles. The standard InChI is InChI=1S/C13H18N2O3S/c1-8-4-9-6-11(7-14)18-13(9)12(5-8)19(16,17)15-10-2-3-10/h4-5,10-11,15H,2-3,6-7,14H2,1H3. The van der Waals surface area contributed by atoms with E-state index >= 15 is 0 Å². The molecule has 0 amide bonds. The summed E-state index contributed by atoms with van der Waals surface area (Å²) >= 11 is 0. The van der Waals surface area contributed by atoms with Crippen LogP contribution in [0.15, 0.2) is 17.0 Å². The van der Waals surface area contributed by atoms with E-state index in [9.17, 15) is 8.42 Å². The van der Waals surface area contributed by atoms with E-state index in [2.05, 4.69) is 4.72 Å². The number of hydrogen-bond acceptors (Lipinski definition) is 4. The molecule has 0 radical (unpaired) electrons. The van der Waals surface area contributed by atoms with Crippen LogP contribution >= 0.6 is 0 Å². The van der Waals surface area contributed by atoms with Gasteiger partial charge in [0.25, 0.3) is 0 Å². The predicted octanol–water partition coefficient (Wildman–Crippen LogP) is 0.698. The van der Waals surface area contributed by atoms with Crippen molar-refractivity contribution in [2.75, 3.05) is 6.54 Å². The van der Waals surface area contributed by atoms with Crippen molar-refractivity contribution in [3.05, 3.63) is 23.3 Å². The maximum Gasteiger partial charge on any atom is 0.244 e. The summed E-state index contributed by atoms with van der Waals surface area (Å²) in [5.41, 5.74) is 7.47. The molecular weight excluding hydrogens is 264 g/mol. The van der Waals surface area contributed by atoms with Gasteiger partial charge in [-0.3, -0.25) is 0 Å². The zero-order valence-electron chi connectivity index (χ0n) is 10.8. The second-order valence-electron chi connectivity index (χ2n) is 5.33. The molecule has 19 heavy (non-hydrogen) atoms. The average molecular weight is 282 g/mol. The fourth-order valence-corrected chi connectivity index (χ4v) is 3.93. The Hall–Kier alpha value is -1.11. The highest BCUT2D eigenvalue weighted by atomic mass is 32.2. The van der Waals surface area contributed by atoms with Crippen molar-refractivity contribution in [2.24, 2.45) is 5.73 Å². The molecule has 1 aromatic rings. The van der Waals surface area contributed by atoms with Crippen LogP contribution in [0.5, 0.6) is 5.75 Å². The van der Waals surface area contributed by atoms with Gasteiger partial charge in [-0.15, -0.1) is 0 Å². The Labute approximate surface area is 113 Å². The second kappa shape index (κ2) is 4.47. The third-order valence-electron chi connectivity index (χ3n) is 3.46. The minimum absolute atomic E-state index is 0.0906. The van der Waals surface area contributed by atoms with E-state index < -0.39 is 10.0 Å². The van der Waals surface area contributed by atoms with Crippen molar-refractivity contribution in [1.82, 2.24) is 4.72 Å². The molecule has 1 heterocycles. The van der Waals surface area contributed by atoms with Gasteiger partial charge >= 0.3 is 0 Å². The lowest BCUT2D eigenvalue weighted by Crippen LogP contribution is -2.27. The minimum Gasteiger partial charge on any atom is -0.487 e. The number of fused-ring (bicyclic) bond motifs is 1. The topological polar surface area (TPSA) is 81.4 Å². The summed E-state index contributed by atoms with van der Waals surface area (Å²) in [6, 6.07) is 3.73. The van der Waals surface area contributed by atoms with E-state index in [0.717, 1.165) is 24.0 Å². The minimum atomic E-state index is -3.49. The Morgan fingerprint density at radius 1 is 1.42 bits per heavy atom. The molecule has 0 bridgehead atoms. The van der Waals surface area contributed by atoms with Gasteiger partial charge in [-0.05, 0) is 37.0 Å². The van der Waals surface area contributed by atoms with Crippen molar-refractivity contribution in [2.45, 2.75) is 43.2 Å². The normalized spacial score (nSPS) is 22.1. The molecule has 1 aliphatic heterocycles. The van der Waals surface area contributed by atoms with Gasteiger partial charge in [-0.1, -0.05) is 6.07 Å². The Balaban J connectivity index is 2.02. The monoisotopic (exact) mass is 282 g/mol. The van der Waals surface area contributed by atoms with Crippen LogP contribution in [-0.4, -0.2) is 27.1 Å². The van der Waals surface area contributed by atoms with Crippen LogP contribution in [0.2, 0.25) is 0 Å². The van der Waals surface area contributed by atoms with Crippen LogP contribution in [0, 0.1) is 6.92 Å². The Morgan fingerprint density at radius 3 is 2.79 bits per heavy atom. The molecule has 104 valence electrons. The zero-order chi connectivity index (χ0) is 13.6. The summed E-state index contributed by atoms with van der Waals surface area (Å²) in [5.74, 6) is 0.481. The number of aryl methyl sites for hydroxylation is 1. The van der Waals surface area contributed by atoms with E-state index in [1.165, 1.54) is 0 Å². The third-order valence-corrected chi connectivity index (χ3v) is 4.99. The third kappa shape index (κ3) is 2.48. The van der Waals surface area contributed by atoms with E-state index in [0.29, 0.717) is 18.7 Å². The lowest BCUT2D eigenvalue weighted by molar-refractivity contribution is 0.236. The van der Waals surface area contributed by atoms with Crippen molar-refractivity contribution >= 4 is 10.0 Å². The highest BCUT2D eigenvalue weighted by molar-refractivity contribution is 7.89. The maximum atomic E-state index is 12.4.